The van der Waals surface area contributed by atoms with Crippen LogP contribution < -0.4 is 0 Å². The van der Waals surface area contributed by atoms with Crippen molar-refractivity contribution in [3.05, 3.63) is 90.2 Å². The molecule has 0 bridgehead atoms. The van der Waals surface area contributed by atoms with Crippen LogP contribution in [0.15, 0.2) is 78.8 Å². The van der Waals surface area contributed by atoms with Crippen molar-refractivity contribution in [2.24, 2.45) is 0 Å². The Kier molecular flexibility index (Phi) is 7.23. The Hall–Kier alpha value is -2.87. The van der Waals surface area contributed by atoms with E-state index in [1.807, 2.05) is 77.1 Å². The molecule has 1 aromatic heterocycles. The number of aromatic nitrogens is 2. The van der Waals surface area contributed by atoms with E-state index in [0.717, 1.165) is 34.5 Å². The third-order valence-electron chi connectivity index (χ3n) is 4.16. The minimum Gasteiger partial charge on any atom is -0.324 e. The van der Waals surface area contributed by atoms with Crippen LogP contribution in [0.2, 0.25) is 0 Å². The van der Waals surface area contributed by atoms with E-state index < -0.39 is 0 Å². The Bertz CT molecular complexity index is 1000. The highest BCUT2D eigenvalue weighted by Crippen LogP contribution is 2.21. The minimum absolute atomic E-state index is 0.557. The molecule has 0 saturated carbocycles. The molecule has 0 saturated heterocycles. The Morgan fingerprint density at radius 3 is 2.15 bits per heavy atom. The fraction of sp³-hybridized carbons (Fsp3) is 0.240. The Labute approximate surface area is 164 Å². The number of hydrogen-bond acceptors (Lipinski definition) is 1. The number of aryl methyl sites for hydroxylation is 1. The van der Waals surface area contributed by atoms with E-state index in [0.29, 0.717) is 6.04 Å². The zero-order valence-electron chi connectivity index (χ0n) is 18.0. The van der Waals surface area contributed by atoms with Crippen LogP contribution in [0.1, 0.15) is 40.5 Å². The maximum Gasteiger partial charge on any atom is 0.107 e. The first-order valence-electron chi connectivity index (χ1n) is 10.3. The monoisotopic (exact) mass is 359 g/mol. The normalized spacial score (nSPS) is 10.3. The Morgan fingerprint density at radius 2 is 1.44 bits per heavy atom. The first-order valence-corrected chi connectivity index (χ1v) is 9.79. The molecular formula is C25H30N2. The summed E-state index contributed by atoms with van der Waals surface area (Å²) in [6.45, 7) is 10.8. The highest BCUT2D eigenvalue weighted by atomic mass is 15.1. The molecule has 0 N–H and O–H groups in total. The van der Waals surface area contributed by atoms with Crippen molar-refractivity contribution in [3.63, 3.8) is 0 Å². The molecule has 0 fully saturated rings. The van der Waals surface area contributed by atoms with Gasteiger partial charge in [0.1, 0.15) is 5.82 Å². The summed E-state index contributed by atoms with van der Waals surface area (Å²) >= 11 is 0. The number of nitrogens with zero attached hydrogens (tertiary/aromatic N) is 2. The summed E-state index contributed by atoms with van der Waals surface area (Å²) in [5.74, 6) is 1.02. The molecule has 3 aromatic carbocycles. The third-order valence-corrected chi connectivity index (χ3v) is 4.16. The van der Waals surface area contributed by atoms with E-state index in [1.165, 1.54) is 5.56 Å². The van der Waals surface area contributed by atoms with Crippen molar-refractivity contribution in [2.45, 2.75) is 41.2 Å². The van der Waals surface area contributed by atoms with Crippen molar-refractivity contribution in [3.8, 4) is 11.1 Å². The molecule has 0 spiro atoms. The lowest BCUT2D eigenvalue weighted by molar-refractivity contribution is 0.786. The van der Waals surface area contributed by atoms with Crippen LogP contribution >= 0.6 is 0 Å². The number of benzene rings is 3. The van der Waals surface area contributed by atoms with Gasteiger partial charge in [0, 0.05) is 6.54 Å². The zero-order valence-corrected chi connectivity index (χ0v) is 17.0. The predicted octanol–water partition coefficient (Wildman–Crippen LogP) is 7.11. The lowest BCUT2D eigenvalue weighted by Gasteiger charge is -2.08. The lowest BCUT2D eigenvalue weighted by atomic mass is 10.0. The molecule has 140 valence electrons. The summed E-state index contributed by atoms with van der Waals surface area (Å²) in [7, 11) is 0. The van der Waals surface area contributed by atoms with Crippen LogP contribution in [0, 0.1) is 6.92 Å². The van der Waals surface area contributed by atoms with E-state index in [1.54, 1.807) is 0 Å². The molecule has 27 heavy (non-hydrogen) atoms. The van der Waals surface area contributed by atoms with Crippen molar-refractivity contribution >= 4 is 11.0 Å². The molecule has 0 aliphatic carbocycles. The first-order chi connectivity index (χ1) is 13.7. The largest absolute Gasteiger partial charge is 0.324 e. The fourth-order valence-electron chi connectivity index (χ4n) is 2.94. The highest BCUT2D eigenvalue weighted by molar-refractivity contribution is 5.76. The number of imidazole rings is 1. The molecule has 0 aliphatic rings. The maximum atomic E-state index is 8.03. The van der Waals surface area contributed by atoms with Gasteiger partial charge in [-0.2, -0.15) is 0 Å². The van der Waals surface area contributed by atoms with Gasteiger partial charge in [0.15, 0.2) is 0 Å². The average Bonchev–Trinajstić information content (AvgIpc) is 3.07. The molecule has 1 heterocycles. The highest BCUT2D eigenvalue weighted by Gasteiger charge is 2.07. The van der Waals surface area contributed by atoms with Crippen molar-refractivity contribution < 1.29 is 1.37 Å². The Balaban J connectivity index is 0.000000660. The summed E-state index contributed by atoms with van der Waals surface area (Å²) in [5.41, 5.74) is 5.47. The summed E-state index contributed by atoms with van der Waals surface area (Å²) in [4.78, 5) is 4.62. The summed E-state index contributed by atoms with van der Waals surface area (Å²) in [5, 5.41) is 0. The topological polar surface area (TPSA) is 17.8 Å². The van der Waals surface area contributed by atoms with Crippen LogP contribution in [0.25, 0.3) is 22.2 Å². The van der Waals surface area contributed by atoms with Crippen molar-refractivity contribution in [1.82, 2.24) is 9.55 Å². The van der Waals surface area contributed by atoms with Crippen molar-refractivity contribution in [2.75, 3.05) is 0 Å². The molecule has 2 heteroatoms. The SMILES string of the molecule is CC.CC.[2H]c1ccccc1-c1ccc(Cn2c(C)nc3ccccc32)cc1. The summed E-state index contributed by atoms with van der Waals surface area (Å²) in [6.07, 6.45) is 0. The summed E-state index contributed by atoms with van der Waals surface area (Å²) in [6, 6.07) is 24.9. The van der Waals surface area contributed by atoms with E-state index in [2.05, 4.69) is 39.9 Å². The van der Waals surface area contributed by atoms with E-state index in [4.69, 9.17) is 1.37 Å². The number of rotatable bonds is 3. The van der Waals surface area contributed by atoms with Gasteiger partial charge in [0.25, 0.3) is 0 Å². The molecule has 4 rings (SSSR count). The maximum absolute atomic E-state index is 8.03. The molecular weight excluding hydrogens is 328 g/mol. The molecule has 0 amide bonds. The van der Waals surface area contributed by atoms with Crippen molar-refractivity contribution in [1.29, 1.82) is 0 Å². The predicted molar refractivity (Wildman–Crippen MR) is 118 cm³/mol. The van der Waals surface area contributed by atoms with Gasteiger partial charge in [-0.15, -0.1) is 0 Å². The smallest absolute Gasteiger partial charge is 0.107 e. The molecule has 0 aliphatic heterocycles. The molecule has 0 unspecified atom stereocenters. The first kappa shape index (κ1) is 18.9. The Morgan fingerprint density at radius 1 is 0.778 bits per heavy atom. The second-order valence-electron chi connectivity index (χ2n) is 5.71. The van der Waals surface area contributed by atoms with Crippen LogP contribution in [0.4, 0.5) is 0 Å². The fourth-order valence-corrected chi connectivity index (χ4v) is 2.94. The van der Waals surface area contributed by atoms with E-state index in [9.17, 15) is 0 Å². The van der Waals surface area contributed by atoms with Gasteiger partial charge in [-0.05, 0) is 35.7 Å². The van der Waals surface area contributed by atoms with E-state index >= 15 is 0 Å². The van der Waals surface area contributed by atoms with Gasteiger partial charge >= 0.3 is 0 Å². The standard InChI is InChI=1S/C21H18N2.2C2H6/c1-16-22-20-9-5-6-10-21(20)23(16)15-17-11-13-19(14-12-17)18-7-3-2-4-8-18;2*1-2/h2-14H,15H2,1H3;2*1-2H3/i7D;;. The number of hydrogen-bond donors (Lipinski definition) is 0. The number of fused-ring (bicyclic) bond motifs is 1. The van der Waals surface area contributed by atoms with Crippen LogP contribution in [0.3, 0.4) is 0 Å². The molecule has 4 aromatic rings. The quantitative estimate of drug-likeness (QED) is 0.381. The second-order valence-corrected chi connectivity index (χ2v) is 5.71. The van der Waals surface area contributed by atoms with Crippen LogP contribution in [-0.2, 0) is 6.54 Å². The van der Waals surface area contributed by atoms with Gasteiger partial charge in [0.2, 0.25) is 0 Å². The number of para-hydroxylation sites is 2. The average molecular weight is 360 g/mol. The van der Waals surface area contributed by atoms with Gasteiger partial charge in [-0.3, -0.25) is 0 Å². The zero-order chi connectivity index (χ0) is 20.5. The third kappa shape index (κ3) is 4.85. The van der Waals surface area contributed by atoms with E-state index in [-0.39, 0.29) is 0 Å². The summed E-state index contributed by atoms with van der Waals surface area (Å²) < 4.78 is 10.3. The van der Waals surface area contributed by atoms with Gasteiger partial charge in [-0.1, -0.05) is 94.4 Å². The van der Waals surface area contributed by atoms with Gasteiger partial charge in [0.05, 0.1) is 12.4 Å². The molecule has 0 atom stereocenters. The van der Waals surface area contributed by atoms with Gasteiger partial charge in [-0.25, -0.2) is 4.98 Å². The van der Waals surface area contributed by atoms with Crippen LogP contribution in [0.5, 0.6) is 0 Å². The molecule has 0 radical (unpaired) electrons. The van der Waals surface area contributed by atoms with Crippen LogP contribution in [-0.4, -0.2) is 9.55 Å². The molecule has 2 nitrogen and oxygen atoms in total. The second kappa shape index (κ2) is 10.3. The minimum atomic E-state index is 0.557. The lowest BCUT2D eigenvalue weighted by Crippen LogP contribution is -2.01. The van der Waals surface area contributed by atoms with Gasteiger partial charge < -0.3 is 4.57 Å².